The van der Waals surface area contributed by atoms with E-state index in [-0.39, 0.29) is 32.8 Å². The number of ether oxygens (including phenoxy) is 3. The van der Waals surface area contributed by atoms with Gasteiger partial charge in [0.05, 0.1) is 50.5 Å². The normalized spacial score (nSPS) is 13.6. The fraction of sp³-hybridized carbons (Fsp3) is 0.789. The summed E-state index contributed by atoms with van der Waals surface area (Å²) in [5, 5.41) is 38.0. The third-order valence-electron chi connectivity index (χ3n) is 4.55. The highest BCUT2D eigenvalue weighted by Crippen LogP contribution is 2.23. The Labute approximate surface area is 165 Å². The van der Waals surface area contributed by atoms with Gasteiger partial charge in [0.1, 0.15) is 13.2 Å². The molecular formula is C19H34O9. The number of carbonyl (C=O) groups excluding carboxylic acids is 2. The fourth-order valence-electron chi connectivity index (χ4n) is 1.90. The van der Waals surface area contributed by atoms with Crippen molar-refractivity contribution < 1.29 is 44.2 Å². The number of aliphatic hydroxyl groups excluding tert-OH is 4. The van der Waals surface area contributed by atoms with E-state index >= 15 is 0 Å². The molecule has 0 aliphatic rings. The topological polar surface area (TPSA) is 143 Å². The number of carbonyl (C=O) groups is 2. The van der Waals surface area contributed by atoms with E-state index in [0.717, 1.165) is 5.57 Å². The van der Waals surface area contributed by atoms with Gasteiger partial charge >= 0.3 is 11.9 Å². The van der Waals surface area contributed by atoms with Crippen LogP contribution in [0.4, 0.5) is 0 Å². The average Bonchev–Trinajstić information content (AvgIpc) is 2.71. The number of hydrogen-bond acceptors (Lipinski definition) is 9. The van der Waals surface area contributed by atoms with Crippen molar-refractivity contribution in [2.24, 2.45) is 10.8 Å². The largest absolute Gasteiger partial charge is 0.465 e. The second kappa shape index (κ2) is 12.8. The highest BCUT2D eigenvalue weighted by atomic mass is 16.6. The molecule has 1 atom stereocenters. The minimum Gasteiger partial charge on any atom is -0.465 e. The van der Waals surface area contributed by atoms with Crippen molar-refractivity contribution in [3.8, 4) is 0 Å². The molecule has 1 unspecified atom stereocenters. The minimum absolute atomic E-state index is 0.141. The van der Waals surface area contributed by atoms with E-state index in [0.29, 0.717) is 5.57 Å². The molecular weight excluding hydrogens is 372 g/mol. The van der Waals surface area contributed by atoms with E-state index in [9.17, 15) is 30.0 Å². The van der Waals surface area contributed by atoms with Gasteiger partial charge in [-0.25, -0.2) is 4.79 Å². The standard InChI is InChI=1S/C19H34O9/c1-5-16(24)27-12-19(9-23,13-28-17(25)15(4)14(2)3)11-26-10-18(6-20,7-21)8-22/h20-23H,5-13H2,1-4H3. The van der Waals surface area contributed by atoms with Crippen LogP contribution in [0.1, 0.15) is 34.1 Å². The summed E-state index contributed by atoms with van der Waals surface area (Å²) in [6.45, 7) is 3.82. The van der Waals surface area contributed by atoms with Crippen molar-refractivity contribution in [2.45, 2.75) is 34.1 Å². The molecule has 0 fully saturated rings. The molecule has 0 saturated carbocycles. The summed E-state index contributed by atoms with van der Waals surface area (Å²) in [6, 6.07) is 0. The smallest absolute Gasteiger partial charge is 0.333 e. The van der Waals surface area contributed by atoms with E-state index in [4.69, 9.17) is 14.2 Å². The van der Waals surface area contributed by atoms with Gasteiger partial charge in [0.25, 0.3) is 0 Å². The molecule has 28 heavy (non-hydrogen) atoms. The lowest BCUT2D eigenvalue weighted by atomic mass is 9.90. The monoisotopic (exact) mass is 406 g/mol. The van der Waals surface area contributed by atoms with Crippen LogP contribution in [0.3, 0.4) is 0 Å². The Morgan fingerprint density at radius 1 is 0.750 bits per heavy atom. The predicted molar refractivity (Wildman–Crippen MR) is 100 cm³/mol. The lowest BCUT2D eigenvalue weighted by Gasteiger charge is -2.33. The average molecular weight is 406 g/mol. The highest BCUT2D eigenvalue weighted by Gasteiger charge is 2.36. The molecule has 0 aromatic heterocycles. The zero-order valence-electron chi connectivity index (χ0n) is 17.2. The highest BCUT2D eigenvalue weighted by molar-refractivity contribution is 5.88. The van der Waals surface area contributed by atoms with Crippen LogP contribution in [-0.2, 0) is 23.8 Å². The van der Waals surface area contributed by atoms with Crippen LogP contribution < -0.4 is 0 Å². The number of aliphatic hydroxyl groups is 4. The minimum atomic E-state index is -1.25. The molecule has 0 spiro atoms. The predicted octanol–water partition coefficient (Wildman–Crippen LogP) is -0.202. The third kappa shape index (κ3) is 8.24. The van der Waals surface area contributed by atoms with Crippen molar-refractivity contribution in [1.29, 1.82) is 0 Å². The first-order chi connectivity index (χ1) is 13.1. The molecule has 0 saturated heterocycles. The summed E-state index contributed by atoms with van der Waals surface area (Å²) < 4.78 is 15.9. The first-order valence-electron chi connectivity index (χ1n) is 9.13. The first kappa shape index (κ1) is 26.5. The van der Waals surface area contributed by atoms with Gasteiger partial charge in [0, 0.05) is 12.0 Å². The number of esters is 2. The molecule has 164 valence electrons. The van der Waals surface area contributed by atoms with Gasteiger partial charge in [-0.2, -0.15) is 0 Å². The van der Waals surface area contributed by atoms with Crippen molar-refractivity contribution in [2.75, 3.05) is 52.9 Å². The quantitative estimate of drug-likeness (QED) is 0.228. The Hall–Kier alpha value is -1.52. The summed E-state index contributed by atoms with van der Waals surface area (Å²) in [5.41, 5.74) is -1.27. The summed E-state index contributed by atoms with van der Waals surface area (Å²) in [5.74, 6) is -1.05. The molecule has 0 aliphatic carbocycles. The molecule has 0 bridgehead atoms. The zero-order chi connectivity index (χ0) is 21.8. The molecule has 0 heterocycles. The van der Waals surface area contributed by atoms with Gasteiger partial charge in [-0.05, 0) is 20.8 Å². The van der Waals surface area contributed by atoms with E-state index in [1.165, 1.54) is 0 Å². The van der Waals surface area contributed by atoms with Crippen molar-refractivity contribution in [1.82, 2.24) is 0 Å². The van der Waals surface area contributed by atoms with Crippen molar-refractivity contribution >= 4 is 11.9 Å². The van der Waals surface area contributed by atoms with Crippen molar-refractivity contribution in [3.05, 3.63) is 11.1 Å². The van der Waals surface area contributed by atoms with Gasteiger partial charge in [0.15, 0.2) is 0 Å². The molecule has 0 aromatic rings. The van der Waals surface area contributed by atoms with Crippen LogP contribution >= 0.6 is 0 Å². The van der Waals surface area contributed by atoms with Crippen LogP contribution in [0.5, 0.6) is 0 Å². The SMILES string of the molecule is CCC(=O)OCC(CO)(COCC(CO)(CO)CO)COC(=O)C(C)=C(C)C. The van der Waals surface area contributed by atoms with Crippen molar-refractivity contribution in [3.63, 3.8) is 0 Å². The molecule has 0 aliphatic heterocycles. The Balaban J connectivity index is 5.22. The second-order valence-electron chi connectivity index (χ2n) is 7.34. The van der Waals surface area contributed by atoms with Crippen LogP contribution in [0.15, 0.2) is 11.1 Å². The lowest BCUT2D eigenvalue weighted by Crippen LogP contribution is -2.45. The molecule has 9 nitrogen and oxygen atoms in total. The van der Waals surface area contributed by atoms with E-state index in [2.05, 4.69) is 0 Å². The summed E-state index contributed by atoms with van der Waals surface area (Å²) in [4.78, 5) is 23.6. The van der Waals surface area contributed by atoms with Gasteiger partial charge in [-0.1, -0.05) is 12.5 Å². The number of hydrogen-bond donors (Lipinski definition) is 4. The Morgan fingerprint density at radius 3 is 1.64 bits per heavy atom. The number of rotatable bonds is 14. The maximum absolute atomic E-state index is 12.1. The molecule has 4 N–H and O–H groups in total. The third-order valence-corrected chi connectivity index (χ3v) is 4.55. The Bertz CT molecular complexity index is 513. The maximum atomic E-state index is 12.1. The van der Waals surface area contributed by atoms with Gasteiger partial charge in [0.2, 0.25) is 0 Å². The molecule has 9 heteroatoms. The maximum Gasteiger partial charge on any atom is 0.333 e. The molecule has 0 amide bonds. The molecule has 0 rings (SSSR count). The van der Waals surface area contributed by atoms with Gasteiger partial charge < -0.3 is 34.6 Å². The van der Waals surface area contributed by atoms with E-state index in [1.54, 1.807) is 27.7 Å². The van der Waals surface area contributed by atoms with Gasteiger partial charge in [-0.3, -0.25) is 4.79 Å². The lowest BCUT2D eigenvalue weighted by molar-refractivity contribution is -0.161. The molecule has 0 radical (unpaired) electrons. The fourth-order valence-corrected chi connectivity index (χ4v) is 1.90. The second-order valence-corrected chi connectivity index (χ2v) is 7.34. The summed E-state index contributed by atoms with van der Waals surface area (Å²) in [7, 11) is 0. The Morgan fingerprint density at radius 2 is 1.21 bits per heavy atom. The Kier molecular flexibility index (Phi) is 12.1. The zero-order valence-corrected chi connectivity index (χ0v) is 17.2. The summed E-state index contributed by atoms with van der Waals surface area (Å²) >= 11 is 0. The summed E-state index contributed by atoms with van der Waals surface area (Å²) in [6.07, 6.45) is 0.141. The number of allylic oxidation sites excluding steroid dienone is 1. The van der Waals surface area contributed by atoms with Crippen LogP contribution in [0.25, 0.3) is 0 Å². The van der Waals surface area contributed by atoms with Crippen LogP contribution in [-0.4, -0.2) is 85.2 Å². The van der Waals surface area contributed by atoms with E-state index in [1.807, 2.05) is 0 Å². The first-order valence-corrected chi connectivity index (χ1v) is 9.13. The van der Waals surface area contributed by atoms with Crippen LogP contribution in [0.2, 0.25) is 0 Å². The van der Waals surface area contributed by atoms with Gasteiger partial charge in [-0.15, -0.1) is 0 Å². The van der Waals surface area contributed by atoms with Crippen LogP contribution in [0, 0.1) is 10.8 Å². The van der Waals surface area contributed by atoms with E-state index < -0.39 is 49.2 Å². The molecule has 0 aromatic carbocycles.